The van der Waals surface area contributed by atoms with Gasteiger partial charge in [0.2, 0.25) is 0 Å². The van der Waals surface area contributed by atoms with Crippen molar-refractivity contribution in [1.29, 1.82) is 0 Å². The molecular weight excluding hydrogens is 579 g/mol. The summed E-state index contributed by atoms with van der Waals surface area (Å²) in [7, 11) is 0. The van der Waals surface area contributed by atoms with Crippen molar-refractivity contribution in [3.63, 3.8) is 0 Å². The van der Waals surface area contributed by atoms with Crippen LogP contribution in [0.2, 0.25) is 0 Å². The van der Waals surface area contributed by atoms with Crippen LogP contribution in [0, 0.1) is 0 Å². The number of furan rings is 1. The van der Waals surface area contributed by atoms with E-state index in [-0.39, 0.29) is 0 Å². The lowest BCUT2D eigenvalue weighted by atomic mass is 10.1. The largest absolute Gasteiger partial charge is 0.456 e. The van der Waals surface area contributed by atoms with E-state index in [1.54, 1.807) is 0 Å². The van der Waals surface area contributed by atoms with Gasteiger partial charge >= 0.3 is 0 Å². The molecule has 7 aromatic rings. The summed E-state index contributed by atoms with van der Waals surface area (Å²) >= 11 is -0.580. The number of para-hydroxylation sites is 2. The molecule has 0 spiro atoms. The predicted octanol–water partition coefficient (Wildman–Crippen LogP) is 9.14. The summed E-state index contributed by atoms with van der Waals surface area (Å²) in [6.07, 6.45) is 2.29. The molecule has 5 aromatic carbocycles. The van der Waals surface area contributed by atoms with Crippen molar-refractivity contribution in [3.05, 3.63) is 139 Å². The Hall–Kier alpha value is -4.29. The molecule has 0 aliphatic carbocycles. The fourth-order valence-corrected chi connectivity index (χ4v) is 8.20. The first kappa shape index (κ1) is 21.8. The topological polar surface area (TPSA) is 30.4 Å². The highest BCUT2D eigenvalue weighted by atomic mass is 127. The van der Waals surface area contributed by atoms with E-state index in [0.29, 0.717) is 0 Å². The number of nitrogens with zero attached hydrogens (tertiary/aromatic N) is 2. The molecule has 1 aliphatic rings. The number of allylic oxidation sites excluding steroid dienone is 1. The smallest absolute Gasteiger partial charge is 0.171 e. The highest BCUT2D eigenvalue weighted by Crippen LogP contribution is 2.41. The first-order valence-corrected chi connectivity index (χ1v) is 14.8. The summed E-state index contributed by atoms with van der Waals surface area (Å²) in [5.41, 5.74) is 7.56. The Morgan fingerprint density at radius 1 is 0.579 bits per heavy atom. The predicted molar refractivity (Wildman–Crippen MR) is 169 cm³/mol. The maximum Gasteiger partial charge on any atom is 0.171 e. The van der Waals surface area contributed by atoms with Crippen molar-refractivity contribution in [2.24, 2.45) is 4.99 Å². The standard InChI is InChI=1S/C34H21IN2O/c1-3-11-22(12-4-1)27-21-28(23-13-5-2-6-14-23)36-34(35-27)37-29-17-9-7-15-24(29)25-19-20-31-32(33(25)37)26-16-8-10-18-30(26)38-31/h1-21H. The van der Waals surface area contributed by atoms with Crippen LogP contribution in [-0.4, -0.2) is 11.9 Å². The van der Waals surface area contributed by atoms with Crippen LogP contribution in [0.3, 0.4) is 0 Å². The minimum absolute atomic E-state index is 0.580. The third-order valence-corrected chi connectivity index (χ3v) is 9.86. The summed E-state index contributed by atoms with van der Waals surface area (Å²) in [4.78, 5) is 5.38. The first-order valence-electron chi connectivity index (χ1n) is 12.6. The number of hydrogen-bond donors (Lipinski definition) is 0. The highest BCUT2D eigenvalue weighted by Gasteiger charge is 2.22. The second kappa shape index (κ2) is 8.64. The molecule has 0 bridgehead atoms. The molecule has 0 fully saturated rings. The second-order valence-corrected chi connectivity index (χ2v) is 12.0. The average molecular weight is 600 g/mol. The fraction of sp³-hybridized carbons (Fsp3) is 0. The van der Waals surface area contributed by atoms with Gasteiger partial charge in [-0.15, -0.1) is 0 Å². The Kier molecular flexibility index (Phi) is 4.95. The van der Waals surface area contributed by atoms with Crippen molar-refractivity contribution in [1.82, 2.24) is 4.57 Å². The van der Waals surface area contributed by atoms with Gasteiger partial charge in [-0.05, 0) is 56.6 Å². The number of halogens is 1. The molecule has 8 rings (SSSR count). The van der Waals surface area contributed by atoms with Crippen LogP contribution in [0.4, 0.5) is 0 Å². The summed E-state index contributed by atoms with van der Waals surface area (Å²) < 4.78 is 11.2. The highest BCUT2D eigenvalue weighted by molar-refractivity contribution is 14.2. The van der Waals surface area contributed by atoms with Crippen molar-refractivity contribution < 1.29 is 4.42 Å². The molecule has 1 aliphatic heterocycles. The number of aromatic nitrogens is 1. The van der Waals surface area contributed by atoms with Gasteiger partial charge in [0.1, 0.15) is 11.2 Å². The SMILES string of the molecule is C1=C(c2ccccc2)N=C(n2c3ccccc3c3ccc4oc5ccccc5c4c32)I=C1c1ccccc1. The molecule has 0 saturated carbocycles. The molecule has 0 N–H and O–H groups in total. The van der Waals surface area contributed by atoms with E-state index in [4.69, 9.17) is 9.41 Å². The Bertz CT molecular complexity index is 2070. The molecule has 3 nitrogen and oxygen atoms in total. The van der Waals surface area contributed by atoms with Gasteiger partial charge in [0.05, 0.1) is 22.1 Å². The summed E-state index contributed by atoms with van der Waals surface area (Å²) in [5.74, 6) is 0. The van der Waals surface area contributed by atoms with Gasteiger partial charge in [-0.25, -0.2) is 4.99 Å². The molecule has 0 amide bonds. The van der Waals surface area contributed by atoms with Crippen molar-refractivity contribution in [3.8, 4) is 0 Å². The van der Waals surface area contributed by atoms with Crippen LogP contribution in [0.1, 0.15) is 11.1 Å². The molecule has 3 heterocycles. The fourth-order valence-electron chi connectivity index (χ4n) is 5.43. The normalized spacial score (nSPS) is 13.9. The summed E-state index contributed by atoms with van der Waals surface area (Å²) in [6, 6.07) is 42.6. The van der Waals surface area contributed by atoms with E-state index in [1.807, 2.05) is 6.07 Å². The van der Waals surface area contributed by atoms with E-state index in [2.05, 4.69) is 126 Å². The lowest BCUT2D eigenvalue weighted by Crippen LogP contribution is -2.11. The quantitative estimate of drug-likeness (QED) is 0.182. The Morgan fingerprint density at radius 3 is 2.08 bits per heavy atom. The minimum atomic E-state index is -0.580. The third-order valence-electron chi connectivity index (χ3n) is 7.14. The Labute approximate surface area is 229 Å². The molecule has 0 radical (unpaired) electrons. The molecular formula is C34H21IN2O. The van der Waals surface area contributed by atoms with E-state index >= 15 is 0 Å². The summed E-state index contributed by atoms with van der Waals surface area (Å²) in [5, 5.41) is 4.75. The maximum absolute atomic E-state index is 6.32. The van der Waals surface area contributed by atoms with Gasteiger partial charge in [-0.1, -0.05) is 97.1 Å². The number of hydrogen-bond acceptors (Lipinski definition) is 2. The van der Waals surface area contributed by atoms with Crippen molar-refractivity contribution >= 4 is 77.5 Å². The van der Waals surface area contributed by atoms with Gasteiger partial charge in [-0.2, -0.15) is 0 Å². The van der Waals surface area contributed by atoms with Crippen LogP contribution in [0.25, 0.3) is 49.4 Å². The molecule has 0 atom stereocenters. The van der Waals surface area contributed by atoms with Crippen molar-refractivity contribution in [2.45, 2.75) is 0 Å². The Balaban J connectivity index is 1.51. The monoisotopic (exact) mass is 600 g/mol. The zero-order valence-corrected chi connectivity index (χ0v) is 22.5. The second-order valence-electron chi connectivity index (χ2n) is 9.37. The summed E-state index contributed by atoms with van der Waals surface area (Å²) in [6.45, 7) is 0. The zero-order chi connectivity index (χ0) is 25.1. The van der Waals surface area contributed by atoms with Gasteiger partial charge in [0.25, 0.3) is 0 Å². The van der Waals surface area contributed by atoms with Gasteiger partial charge in [0, 0.05) is 25.2 Å². The minimum Gasteiger partial charge on any atom is -0.456 e. The zero-order valence-electron chi connectivity index (χ0n) is 20.3. The van der Waals surface area contributed by atoms with Gasteiger partial charge in [-0.3, -0.25) is 4.57 Å². The molecule has 0 unspecified atom stereocenters. The van der Waals surface area contributed by atoms with Crippen LogP contribution in [0.15, 0.2) is 137 Å². The lowest BCUT2D eigenvalue weighted by molar-refractivity contribution is 0.669. The van der Waals surface area contributed by atoms with E-state index in [0.717, 1.165) is 37.0 Å². The third kappa shape index (κ3) is 3.33. The van der Waals surface area contributed by atoms with E-state index in [1.165, 1.54) is 30.9 Å². The number of rotatable bonds is 2. The number of aliphatic imine (C=N–C) groups is 1. The van der Waals surface area contributed by atoms with Gasteiger partial charge in [0.15, 0.2) is 3.84 Å². The molecule has 2 aromatic heterocycles. The maximum atomic E-state index is 6.32. The molecule has 4 heteroatoms. The van der Waals surface area contributed by atoms with Crippen LogP contribution in [-0.2, 0) is 0 Å². The van der Waals surface area contributed by atoms with Crippen LogP contribution >= 0.6 is 20.7 Å². The van der Waals surface area contributed by atoms with Gasteiger partial charge < -0.3 is 4.42 Å². The lowest BCUT2D eigenvalue weighted by Gasteiger charge is -2.16. The van der Waals surface area contributed by atoms with E-state index < -0.39 is 20.7 Å². The van der Waals surface area contributed by atoms with Crippen LogP contribution < -0.4 is 0 Å². The average Bonchev–Trinajstić information content (AvgIpc) is 3.53. The van der Waals surface area contributed by atoms with Crippen LogP contribution in [0.5, 0.6) is 0 Å². The van der Waals surface area contributed by atoms with E-state index in [9.17, 15) is 0 Å². The molecule has 38 heavy (non-hydrogen) atoms. The van der Waals surface area contributed by atoms with Crippen molar-refractivity contribution in [2.75, 3.05) is 0 Å². The first-order chi connectivity index (χ1) is 18.8. The number of fused-ring (bicyclic) bond motifs is 7. The number of benzene rings is 5. The Morgan fingerprint density at radius 2 is 1.26 bits per heavy atom. The molecule has 0 saturated heterocycles. The molecule has 180 valence electrons.